The molecule has 0 bridgehead atoms. The third-order valence-electron chi connectivity index (χ3n) is 3.87. The number of hydrazine groups is 1. The third kappa shape index (κ3) is 5.19. The lowest BCUT2D eigenvalue weighted by Gasteiger charge is -2.23. The van der Waals surface area contributed by atoms with E-state index in [1.165, 1.54) is 18.3 Å². The van der Waals surface area contributed by atoms with Crippen molar-refractivity contribution in [1.29, 1.82) is 0 Å². The maximum atomic E-state index is 13.4. The zero-order valence-electron chi connectivity index (χ0n) is 14.2. The molecule has 1 N–H and O–H groups in total. The predicted molar refractivity (Wildman–Crippen MR) is 96.5 cm³/mol. The number of nitrogens with zero attached hydrogens (tertiary/aromatic N) is 3. The molecule has 0 saturated carbocycles. The van der Waals surface area contributed by atoms with Crippen LogP contribution in [0.3, 0.4) is 0 Å². The number of carbonyl (C=O) groups is 1. The number of benzene rings is 1. The molecule has 0 radical (unpaired) electrons. The van der Waals surface area contributed by atoms with E-state index >= 15 is 0 Å². The fraction of sp³-hybridized carbons (Fsp3) is 0.150. The molecule has 0 saturated heterocycles. The van der Waals surface area contributed by atoms with E-state index in [0.717, 1.165) is 11.1 Å². The molecule has 1 amide bonds. The van der Waals surface area contributed by atoms with Crippen molar-refractivity contribution in [3.8, 4) is 0 Å². The van der Waals surface area contributed by atoms with E-state index in [9.17, 15) is 9.18 Å². The average Bonchev–Trinajstić information content (AvgIpc) is 2.68. The summed E-state index contributed by atoms with van der Waals surface area (Å²) in [6, 6.07) is 13.7. The Balaban J connectivity index is 1.69. The van der Waals surface area contributed by atoms with Crippen LogP contribution in [0.15, 0.2) is 73.3 Å². The smallest absolute Gasteiger partial charge is 0.267 e. The summed E-state index contributed by atoms with van der Waals surface area (Å²) in [5.41, 5.74) is 5.29. The molecule has 1 aromatic carbocycles. The Bertz CT molecular complexity index is 843. The number of halogens is 1. The summed E-state index contributed by atoms with van der Waals surface area (Å²) in [4.78, 5) is 20.4. The molecule has 2 aromatic heterocycles. The fourth-order valence-corrected chi connectivity index (χ4v) is 2.54. The van der Waals surface area contributed by atoms with Crippen LogP contribution in [-0.2, 0) is 13.0 Å². The van der Waals surface area contributed by atoms with Gasteiger partial charge in [-0.15, -0.1) is 0 Å². The summed E-state index contributed by atoms with van der Waals surface area (Å²) in [5.74, 6) is -0.492. The molecule has 26 heavy (non-hydrogen) atoms. The lowest BCUT2D eigenvalue weighted by molar-refractivity contribution is 0.0776. The lowest BCUT2D eigenvalue weighted by Crippen LogP contribution is -2.42. The highest BCUT2D eigenvalue weighted by Crippen LogP contribution is 2.08. The lowest BCUT2D eigenvalue weighted by atomic mass is 10.1. The Morgan fingerprint density at radius 2 is 1.85 bits per heavy atom. The van der Waals surface area contributed by atoms with Crippen LogP contribution < -0.4 is 5.43 Å². The first-order valence-corrected chi connectivity index (χ1v) is 8.30. The standard InChI is InChI=1S/C20H19FN4O/c21-19-5-1-3-16(13-19)8-12-25(15-17-6-10-22-11-7-17)24-20(26)18-4-2-9-23-14-18/h1-7,9-11,13-14H,8,12,15H2,(H,24,26). The molecule has 0 unspecified atom stereocenters. The van der Waals surface area contributed by atoms with E-state index in [-0.39, 0.29) is 11.7 Å². The zero-order valence-corrected chi connectivity index (χ0v) is 14.2. The van der Waals surface area contributed by atoms with E-state index in [4.69, 9.17) is 0 Å². The predicted octanol–water partition coefficient (Wildman–Crippen LogP) is 3.01. The minimum atomic E-state index is -0.262. The van der Waals surface area contributed by atoms with Gasteiger partial charge in [-0.1, -0.05) is 12.1 Å². The first-order chi connectivity index (χ1) is 12.7. The molecule has 2 heterocycles. The van der Waals surface area contributed by atoms with Gasteiger partial charge in [-0.3, -0.25) is 20.2 Å². The molecule has 5 nitrogen and oxygen atoms in total. The molecule has 0 aliphatic heterocycles. The van der Waals surface area contributed by atoms with E-state index in [0.29, 0.717) is 25.1 Å². The minimum absolute atomic E-state index is 0.230. The summed E-state index contributed by atoms with van der Waals surface area (Å²) >= 11 is 0. The first kappa shape index (κ1) is 17.7. The van der Waals surface area contributed by atoms with Crippen molar-refractivity contribution in [2.24, 2.45) is 0 Å². The molecule has 3 rings (SSSR count). The first-order valence-electron chi connectivity index (χ1n) is 8.30. The van der Waals surface area contributed by atoms with Crippen LogP contribution in [0.25, 0.3) is 0 Å². The number of pyridine rings is 2. The minimum Gasteiger partial charge on any atom is -0.284 e. The van der Waals surface area contributed by atoms with Gasteiger partial charge in [0.1, 0.15) is 5.82 Å². The summed E-state index contributed by atoms with van der Waals surface area (Å²) in [7, 11) is 0. The summed E-state index contributed by atoms with van der Waals surface area (Å²) in [6.45, 7) is 1.06. The van der Waals surface area contributed by atoms with Gasteiger partial charge >= 0.3 is 0 Å². The molecule has 0 aliphatic carbocycles. The van der Waals surface area contributed by atoms with Crippen LogP contribution in [0.4, 0.5) is 4.39 Å². The summed E-state index contributed by atoms with van der Waals surface area (Å²) in [6.07, 6.45) is 7.17. The Kier molecular flexibility index (Phi) is 6.01. The van der Waals surface area contributed by atoms with Gasteiger partial charge in [0.15, 0.2) is 0 Å². The fourth-order valence-electron chi connectivity index (χ4n) is 2.54. The van der Waals surface area contributed by atoms with Crippen LogP contribution in [0.5, 0.6) is 0 Å². The Morgan fingerprint density at radius 3 is 2.58 bits per heavy atom. The van der Waals surface area contributed by atoms with Crippen LogP contribution in [0.1, 0.15) is 21.5 Å². The number of carbonyl (C=O) groups excluding carboxylic acids is 1. The maximum Gasteiger partial charge on any atom is 0.267 e. The Hall–Kier alpha value is -3.12. The Morgan fingerprint density at radius 1 is 1.00 bits per heavy atom. The number of rotatable bonds is 7. The van der Waals surface area contributed by atoms with Gasteiger partial charge in [-0.2, -0.15) is 0 Å². The van der Waals surface area contributed by atoms with Crippen LogP contribution in [-0.4, -0.2) is 27.4 Å². The van der Waals surface area contributed by atoms with E-state index in [2.05, 4.69) is 15.4 Å². The largest absolute Gasteiger partial charge is 0.284 e. The highest BCUT2D eigenvalue weighted by Gasteiger charge is 2.12. The van der Waals surface area contributed by atoms with Crippen molar-refractivity contribution in [2.75, 3.05) is 6.54 Å². The topological polar surface area (TPSA) is 58.1 Å². The molecule has 0 spiro atoms. The van der Waals surface area contributed by atoms with Crippen LogP contribution in [0, 0.1) is 5.82 Å². The molecule has 3 aromatic rings. The van der Waals surface area contributed by atoms with Crippen molar-refractivity contribution in [2.45, 2.75) is 13.0 Å². The monoisotopic (exact) mass is 350 g/mol. The summed E-state index contributed by atoms with van der Waals surface area (Å²) < 4.78 is 13.4. The molecular formula is C20H19FN4O. The SMILES string of the molecule is O=C(NN(CCc1cccc(F)c1)Cc1ccncc1)c1cccnc1. The molecule has 0 aliphatic rings. The third-order valence-corrected chi connectivity index (χ3v) is 3.87. The number of nitrogens with one attached hydrogen (secondary N) is 1. The normalized spacial score (nSPS) is 10.7. The van der Waals surface area contributed by atoms with E-state index in [1.807, 2.05) is 23.2 Å². The van der Waals surface area contributed by atoms with Gasteiger partial charge in [0.25, 0.3) is 5.91 Å². The quantitative estimate of drug-likeness (QED) is 0.666. The van der Waals surface area contributed by atoms with Crippen molar-refractivity contribution in [1.82, 2.24) is 20.4 Å². The summed E-state index contributed by atoms with van der Waals surface area (Å²) in [5, 5.41) is 1.82. The molecule has 0 atom stereocenters. The number of aromatic nitrogens is 2. The van der Waals surface area contributed by atoms with Crippen molar-refractivity contribution in [3.63, 3.8) is 0 Å². The van der Waals surface area contributed by atoms with Crippen LogP contribution in [0.2, 0.25) is 0 Å². The van der Waals surface area contributed by atoms with E-state index in [1.54, 1.807) is 36.8 Å². The molecule has 6 heteroatoms. The number of hydrogen-bond acceptors (Lipinski definition) is 4. The second-order valence-electron chi connectivity index (χ2n) is 5.84. The maximum absolute atomic E-state index is 13.4. The van der Waals surface area contributed by atoms with Gasteiger partial charge in [0.2, 0.25) is 0 Å². The average molecular weight is 350 g/mol. The highest BCUT2D eigenvalue weighted by atomic mass is 19.1. The van der Waals surface area contributed by atoms with Gasteiger partial charge in [0.05, 0.1) is 5.56 Å². The Labute approximate surface area is 151 Å². The van der Waals surface area contributed by atoms with E-state index < -0.39 is 0 Å². The van der Waals surface area contributed by atoms with Gasteiger partial charge in [-0.25, -0.2) is 9.40 Å². The highest BCUT2D eigenvalue weighted by molar-refractivity contribution is 5.93. The molecular weight excluding hydrogens is 331 g/mol. The van der Waals surface area contributed by atoms with Crippen molar-refractivity contribution in [3.05, 3.63) is 95.8 Å². The second-order valence-corrected chi connectivity index (χ2v) is 5.84. The van der Waals surface area contributed by atoms with Gasteiger partial charge in [0, 0.05) is 37.9 Å². The number of amides is 1. The van der Waals surface area contributed by atoms with Gasteiger partial charge < -0.3 is 0 Å². The van der Waals surface area contributed by atoms with Crippen molar-refractivity contribution < 1.29 is 9.18 Å². The van der Waals surface area contributed by atoms with Crippen LogP contribution >= 0.6 is 0 Å². The van der Waals surface area contributed by atoms with Gasteiger partial charge in [-0.05, 0) is 53.9 Å². The molecule has 0 fully saturated rings. The second kappa shape index (κ2) is 8.82. The zero-order chi connectivity index (χ0) is 18.2. The molecule has 132 valence electrons. The van der Waals surface area contributed by atoms with Crippen molar-refractivity contribution >= 4 is 5.91 Å². The number of hydrogen-bond donors (Lipinski definition) is 1.